The minimum atomic E-state index is -3.22. The van der Waals surface area contributed by atoms with E-state index >= 15 is 0 Å². The molecule has 0 spiro atoms. The number of aromatic nitrogens is 2. The highest BCUT2D eigenvalue weighted by atomic mass is 19.3. The molecule has 8 heteroatoms. The number of benzene rings is 1. The van der Waals surface area contributed by atoms with E-state index in [1.54, 1.807) is 12.1 Å². The second-order valence-corrected chi connectivity index (χ2v) is 5.82. The Morgan fingerprint density at radius 3 is 2.43 bits per heavy atom. The van der Waals surface area contributed by atoms with E-state index in [4.69, 9.17) is 9.47 Å². The molecule has 1 aromatic carbocycles. The van der Waals surface area contributed by atoms with Crippen LogP contribution in [-0.2, 0) is 10.7 Å². The standard InChI is InChI=1S/C20H17F3N2O3/c1-26-12-20(22,23)18-8-6-14(11-25-18)28-19-15(4-3-9-24-19)16-10-13(27-2)5-7-17(16)21/h3-11H,12H2,1-2H3. The van der Waals surface area contributed by atoms with Crippen molar-refractivity contribution in [3.8, 4) is 28.5 Å². The Kier molecular flexibility index (Phi) is 5.79. The lowest BCUT2D eigenvalue weighted by atomic mass is 10.1. The van der Waals surface area contributed by atoms with Crippen LogP contribution in [0.3, 0.4) is 0 Å². The molecule has 3 rings (SSSR count). The summed E-state index contributed by atoms with van der Waals surface area (Å²) in [4.78, 5) is 7.86. The van der Waals surface area contributed by atoms with Crippen LogP contribution in [0.2, 0.25) is 0 Å². The molecule has 0 fully saturated rings. The van der Waals surface area contributed by atoms with E-state index in [0.717, 1.165) is 12.3 Å². The molecule has 2 heterocycles. The van der Waals surface area contributed by atoms with E-state index < -0.39 is 24.0 Å². The number of halogens is 3. The Morgan fingerprint density at radius 2 is 1.75 bits per heavy atom. The van der Waals surface area contributed by atoms with Gasteiger partial charge < -0.3 is 14.2 Å². The normalized spacial score (nSPS) is 11.3. The van der Waals surface area contributed by atoms with Gasteiger partial charge in [-0.15, -0.1) is 0 Å². The van der Waals surface area contributed by atoms with Crippen molar-refractivity contribution in [2.45, 2.75) is 5.92 Å². The Morgan fingerprint density at radius 1 is 0.964 bits per heavy atom. The summed E-state index contributed by atoms with van der Waals surface area (Å²) in [5.74, 6) is -2.94. The van der Waals surface area contributed by atoms with Gasteiger partial charge in [0.2, 0.25) is 5.88 Å². The van der Waals surface area contributed by atoms with Crippen molar-refractivity contribution in [2.24, 2.45) is 0 Å². The molecule has 2 aromatic heterocycles. The highest BCUT2D eigenvalue weighted by Gasteiger charge is 2.33. The first-order valence-corrected chi connectivity index (χ1v) is 8.24. The van der Waals surface area contributed by atoms with E-state index in [-0.39, 0.29) is 17.2 Å². The van der Waals surface area contributed by atoms with E-state index in [1.807, 2.05) is 0 Å². The molecule has 28 heavy (non-hydrogen) atoms. The first kappa shape index (κ1) is 19.6. The van der Waals surface area contributed by atoms with Gasteiger partial charge in [0.05, 0.1) is 13.3 Å². The second-order valence-electron chi connectivity index (χ2n) is 5.82. The maximum atomic E-state index is 14.3. The van der Waals surface area contributed by atoms with Gasteiger partial charge in [0, 0.05) is 24.4 Å². The zero-order valence-corrected chi connectivity index (χ0v) is 15.2. The van der Waals surface area contributed by atoms with Gasteiger partial charge in [-0.1, -0.05) is 0 Å². The SMILES string of the molecule is COCC(F)(F)c1ccc(Oc2ncccc2-c2cc(OC)ccc2F)cn1. The molecular weight excluding hydrogens is 373 g/mol. The average Bonchev–Trinajstić information content (AvgIpc) is 2.69. The third-order valence-corrected chi connectivity index (χ3v) is 3.89. The van der Waals surface area contributed by atoms with Crippen LogP contribution < -0.4 is 9.47 Å². The van der Waals surface area contributed by atoms with Gasteiger partial charge in [-0.2, -0.15) is 8.78 Å². The van der Waals surface area contributed by atoms with Gasteiger partial charge in [-0.3, -0.25) is 4.98 Å². The third kappa shape index (κ3) is 4.23. The van der Waals surface area contributed by atoms with E-state index in [1.165, 1.54) is 44.7 Å². The molecule has 0 unspecified atom stereocenters. The number of rotatable bonds is 7. The minimum Gasteiger partial charge on any atom is -0.497 e. The molecule has 0 N–H and O–H groups in total. The molecule has 0 saturated heterocycles. The topological polar surface area (TPSA) is 53.5 Å². The number of hydrogen-bond donors (Lipinski definition) is 0. The van der Waals surface area contributed by atoms with Gasteiger partial charge in [0.1, 0.15) is 29.6 Å². The first-order chi connectivity index (χ1) is 13.4. The third-order valence-electron chi connectivity index (χ3n) is 3.89. The number of ether oxygens (including phenoxy) is 3. The van der Waals surface area contributed by atoms with Crippen LogP contribution in [0.5, 0.6) is 17.4 Å². The van der Waals surface area contributed by atoms with Gasteiger partial charge in [0.25, 0.3) is 0 Å². The van der Waals surface area contributed by atoms with Crippen molar-refractivity contribution in [3.05, 3.63) is 66.4 Å². The molecule has 0 radical (unpaired) electrons. The molecule has 0 aliphatic rings. The molecule has 0 atom stereocenters. The fourth-order valence-electron chi connectivity index (χ4n) is 2.54. The van der Waals surface area contributed by atoms with E-state index in [0.29, 0.717) is 11.3 Å². The molecule has 0 amide bonds. The number of methoxy groups -OCH3 is 2. The molecule has 0 aliphatic heterocycles. The van der Waals surface area contributed by atoms with Crippen molar-refractivity contribution in [1.82, 2.24) is 9.97 Å². The van der Waals surface area contributed by atoms with Gasteiger partial charge >= 0.3 is 5.92 Å². The molecule has 3 aromatic rings. The van der Waals surface area contributed by atoms with Crippen molar-refractivity contribution in [1.29, 1.82) is 0 Å². The highest BCUT2D eigenvalue weighted by molar-refractivity contribution is 5.70. The summed E-state index contributed by atoms with van der Waals surface area (Å²) in [6.07, 6.45) is 2.63. The van der Waals surface area contributed by atoms with Gasteiger partial charge in [-0.25, -0.2) is 9.37 Å². The smallest absolute Gasteiger partial charge is 0.312 e. The highest BCUT2D eigenvalue weighted by Crippen LogP contribution is 2.35. The number of nitrogens with zero attached hydrogens (tertiary/aromatic N) is 2. The largest absolute Gasteiger partial charge is 0.497 e. The molecular formula is C20H17F3N2O3. The monoisotopic (exact) mass is 390 g/mol. The summed E-state index contributed by atoms with van der Waals surface area (Å²) in [5.41, 5.74) is 0.174. The van der Waals surface area contributed by atoms with E-state index in [2.05, 4.69) is 14.7 Å². The van der Waals surface area contributed by atoms with E-state index in [9.17, 15) is 13.2 Å². The van der Waals surface area contributed by atoms with Crippen LogP contribution in [0.15, 0.2) is 54.9 Å². The summed E-state index contributed by atoms with van der Waals surface area (Å²) in [7, 11) is 2.66. The fraction of sp³-hybridized carbons (Fsp3) is 0.200. The zero-order chi connectivity index (χ0) is 20.1. The van der Waals surface area contributed by atoms with Crippen molar-refractivity contribution >= 4 is 0 Å². The van der Waals surface area contributed by atoms with Crippen LogP contribution in [0.4, 0.5) is 13.2 Å². The lowest BCUT2D eigenvalue weighted by Gasteiger charge is -2.15. The van der Waals surface area contributed by atoms with Crippen LogP contribution in [0.1, 0.15) is 5.69 Å². The molecule has 0 aliphatic carbocycles. The van der Waals surface area contributed by atoms with Crippen molar-refractivity contribution in [2.75, 3.05) is 20.8 Å². The Balaban J connectivity index is 1.91. The van der Waals surface area contributed by atoms with Gasteiger partial charge in [-0.05, 0) is 42.5 Å². The van der Waals surface area contributed by atoms with Crippen LogP contribution in [-0.4, -0.2) is 30.8 Å². The average molecular weight is 390 g/mol. The maximum Gasteiger partial charge on any atom is 0.312 e. The number of alkyl halides is 2. The van der Waals surface area contributed by atoms with Crippen LogP contribution in [0, 0.1) is 5.82 Å². The number of hydrogen-bond acceptors (Lipinski definition) is 5. The predicted molar refractivity (Wildman–Crippen MR) is 96.3 cm³/mol. The summed E-state index contributed by atoms with van der Waals surface area (Å²) in [6.45, 7) is -0.778. The zero-order valence-electron chi connectivity index (χ0n) is 15.2. The fourth-order valence-corrected chi connectivity index (χ4v) is 2.54. The summed E-state index contributed by atoms with van der Waals surface area (Å²) in [6, 6.07) is 10.0. The van der Waals surface area contributed by atoms with Gasteiger partial charge in [0.15, 0.2) is 0 Å². The van der Waals surface area contributed by atoms with Crippen molar-refractivity contribution < 1.29 is 27.4 Å². The molecule has 0 saturated carbocycles. The second kappa shape index (κ2) is 8.26. The van der Waals surface area contributed by atoms with Crippen molar-refractivity contribution in [3.63, 3.8) is 0 Å². The molecule has 0 bridgehead atoms. The molecule has 5 nitrogen and oxygen atoms in total. The summed E-state index contributed by atoms with van der Waals surface area (Å²) < 4.78 is 57.3. The lowest BCUT2D eigenvalue weighted by Crippen LogP contribution is -2.21. The number of pyridine rings is 2. The molecule has 146 valence electrons. The summed E-state index contributed by atoms with van der Waals surface area (Å²) >= 11 is 0. The minimum absolute atomic E-state index is 0.104. The van der Waals surface area contributed by atoms with Crippen LogP contribution in [0.25, 0.3) is 11.1 Å². The Labute approximate surface area is 159 Å². The predicted octanol–water partition coefficient (Wildman–Crippen LogP) is 4.82. The first-order valence-electron chi connectivity index (χ1n) is 8.24. The Hall–Kier alpha value is -3.13. The quantitative estimate of drug-likeness (QED) is 0.579. The Bertz CT molecular complexity index is 950. The summed E-state index contributed by atoms with van der Waals surface area (Å²) in [5, 5.41) is 0. The maximum absolute atomic E-state index is 14.3. The lowest BCUT2D eigenvalue weighted by molar-refractivity contribution is -0.0731. The van der Waals surface area contributed by atoms with Crippen LogP contribution >= 0.6 is 0 Å².